The Balaban J connectivity index is 2.35. The molecular formula is C13H21ClN6S. The van der Waals surface area contributed by atoms with Crippen LogP contribution in [-0.4, -0.2) is 19.4 Å². The first-order chi connectivity index (χ1) is 9.75. The molecule has 116 valence electrons. The number of nitrogens with one attached hydrogen (secondary N) is 1. The highest BCUT2D eigenvalue weighted by Crippen LogP contribution is 2.33. The average molecular weight is 329 g/mol. The summed E-state index contributed by atoms with van der Waals surface area (Å²) in [5, 5.41) is 9.25. The molecule has 0 radical (unpaired) electrons. The SMILES string of the molecule is Cc1nn(C)c(Cl)c1CC(NN)c1snnc1C(C)(C)C. The molecule has 2 aromatic rings. The zero-order chi connectivity index (χ0) is 15.8. The highest BCUT2D eigenvalue weighted by Gasteiger charge is 2.28. The van der Waals surface area contributed by atoms with Gasteiger partial charge in [0.15, 0.2) is 0 Å². The van der Waals surface area contributed by atoms with Crippen molar-refractivity contribution in [2.45, 2.75) is 45.6 Å². The Bertz CT molecular complexity index is 627. The first-order valence-electron chi connectivity index (χ1n) is 6.72. The second kappa shape index (κ2) is 6.00. The summed E-state index contributed by atoms with van der Waals surface area (Å²) in [5.74, 6) is 5.76. The molecule has 3 N–H and O–H groups in total. The minimum atomic E-state index is -0.0837. The van der Waals surface area contributed by atoms with Gasteiger partial charge in [-0.3, -0.25) is 16.0 Å². The summed E-state index contributed by atoms with van der Waals surface area (Å²) in [6.07, 6.45) is 0.655. The fourth-order valence-electron chi connectivity index (χ4n) is 2.28. The molecule has 6 nitrogen and oxygen atoms in total. The van der Waals surface area contributed by atoms with Crippen LogP contribution >= 0.6 is 23.1 Å². The van der Waals surface area contributed by atoms with Gasteiger partial charge in [-0.2, -0.15) is 5.10 Å². The molecular weight excluding hydrogens is 308 g/mol. The van der Waals surface area contributed by atoms with Gasteiger partial charge in [-0.05, 0) is 24.9 Å². The summed E-state index contributed by atoms with van der Waals surface area (Å²) in [7, 11) is 1.83. The number of halogens is 1. The summed E-state index contributed by atoms with van der Waals surface area (Å²) >= 11 is 7.68. The number of aryl methyl sites for hydroxylation is 2. The van der Waals surface area contributed by atoms with E-state index in [0.29, 0.717) is 11.6 Å². The quantitative estimate of drug-likeness (QED) is 0.664. The van der Waals surface area contributed by atoms with Crippen molar-refractivity contribution in [2.24, 2.45) is 12.9 Å². The predicted octanol–water partition coefficient (Wildman–Crippen LogP) is 2.28. The summed E-state index contributed by atoms with van der Waals surface area (Å²) in [5.41, 5.74) is 5.66. The van der Waals surface area contributed by atoms with Gasteiger partial charge < -0.3 is 0 Å². The van der Waals surface area contributed by atoms with E-state index in [4.69, 9.17) is 17.4 Å². The zero-order valence-electron chi connectivity index (χ0n) is 12.9. The number of aromatic nitrogens is 4. The molecule has 8 heteroatoms. The molecule has 0 aromatic carbocycles. The van der Waals surface area contributed by atoms with Crippen LogP contribution in [0.15, 0.2) is 0 Å². The summed E-state index contributed by atoms with van der Waals surface area (Å²) in [6.45, 7) is 8.29. The fourth-order valence-corrected chi connectivity index (χ4v) is 3.46. The molecule has 1 atom stereocenters. The van der Waals surface area contributed by atoms with Crippen molar-refractivity contribution in [3.63, 3.8) is 0 Å². The van der Waals surface area contributed by atoms with E-state index in [2.05, 4.69) is 40.9 Å². The molecule has 0 bridgehead atoms. The van der Waals surface area contributed by atoms with Gasteiger partial charge in [-0.15, -0.1) is 5.10 Å². The third kappa shape index (κ3) is 3.26. The lowest BCUT2D eigenvalue weighted by Crippen LogP contribution is -2.31. The maximum atomic E-state index is 6.31. The van der Waals surface area contributed by atoms with E-state index in [1.165, 1.54) is 11.5 Å². The smallest absolute Gasteiger partial charge is 0.130 e. The normalized spacial score (nSPS) is 13.7. The molecule has 0 spiro atoms. The van der Waals surface area contributed by atoms with Gasteiger partial charge in [0.2, 0.25) is 0 Å². The fraction of sp³-hybridized carbons (Fsp3) is 0.615. The highest BCUT2D eigenvalue weighted by atomic mass is 35.5. The molecule has 0 saturated heterocycles. The summed E-state index contributed by atoms with van der Waals surface area (Å²) in [6, 6.07) is -0.0837. The van der Waals surface area contributed by atoms with Crippen molar-refractivity contribution in [2.75, 3.05) is 0 Å². The molecule has 0 amide bonds. The second-order valence-corrected chi connectivity index (χ2v) is 7.28. The molecule has 0 aliphatic heterocycles. The van der Waals surface area contributed by atoms with Crippen LogP contribution in [0.3, 0.4) is 0 Å². The van der Waals surface area contributed by atoms with Crippen molar-refractivity contribution in [3.8, 4) is 0 Å². The van der Waals surface area contributed by atoms with Gasteiger partial charge in [0, 0.05) is 18.0 Å². The van der Waals surface area contributed by atoms with Crippen molar-refractivity contribution in [1.82, 2.24) is 24.8 Å². The predicted molar refractivity (Wildman–Crippen MR) is 85.3 cm³/mol. The Kier molecular flexibility index (Phi) is 4.67. The van der Waals surface area contributed by atoms with Crippen LogP contribution < -0.4 is 11.3 Å². The molecule has 2 heterocycles. The zero-order valence-corrected chi connectivity index (χ0v) is 14.5. The number of nitrogens with two attached hydrogens (primary N) is 1. The average Bonchev–Trinajstić information content (AvgIpc) is 2.95. The topological polar surface area (TPSA) is 81.7 Å². The molecule has 0 aliphatic carbocycles. The Labute approximate surface area is 133 Å². The number of hydrazine groups is 1. The van der Waals surface area contributed by atoms with E-state index in [-0.39, 0.29) is 11.5 Å². The number of rotatable bonds is 4. The third-order valence-electron chi connectivity index (χ3n) is 3.42. The Morgan fingerprint density at radius 3 is 2.57 bits per heavy atom. The molecule has 1 unspecified atom stereocenters. The van der Waals surface area contributed by atoms with Crippen LogP contribution in [0.25, 0.3) is 0 Å². The van der Waals surface area contributed by atoms with Gasteiger partial charge in [-0.25, -0.2) is 0 Å². The van der Waals surface area contributed by atoms with Gasteiger partial charge in [0.1, 0.15) is 5.15 Å². The van der Waals surface area contributed by atoms with E-state index < -0.39 is 0 Å². The first-order valence-corrected chi connectivity index (χ1v) is 7.87. The van der Waals surface area contributed by atoms with Gasteiger partial charge in [-0.1, -0.05) is 36.9 Å². The monoisotopic (exact) mass is 328 g/mol. The van der Waals surface area contributed by atoms with E-state index in [0.717, 1.165) is 21.8 Å². The maximum absolute atomic E-state index is 6.31. The first kappa shape index (κ1) is 16.4. The van der Waals surface area contributed by atoms with E-state index >= 15 is 0 Å². The van der Waals surface area contributed by atoms with Crippen molar-refractivity contribution in [3.05, 3.63) is 27.0 Å². The van der Waals surface area contributed by atoms with E-state index in [1.54, 1.807) is 4.68 Å². The van der Waals surface area contributed by atoms with Crippen LogP contribution in [0.4, 0.5) is 0 Å². The van der Waals surface area contributed by atoms with Crippen molar-refractivity contribution >= 4 is 23.1 Å². The van der Waals surface area contributed by atoms with E-state index in [1.807, 2.05) is 14.0 Å². The molecule has 0 fully saturated rings. The van der Waals surface area contributed by atoms with Crippen LogP contribution in [0, 0.1) is 6.92 Å². The van der Waals surface area contributed by atoms with Gasteiger partial charge in [0.05, 0.1) is 22.3 Å². The Hall–Kier alpha value is -1.02. The third-order valence-corrected chi connectivity index (χ3v) is 4.73. The Morgan fingerprint density at radius 2 is 2.10 bits per heavy atom. The molecule has 0 saturated carbocycles. The molecule has 2 aromatic heterocycles. The van der Waals surface area contributed by atoms with Crippen LogP contribution in [0.2, 0.25) is 5.15 Å². The second-order valence-electron chi connectivity index (χ2n) is 6.14. The maximum Gasteiger partial charge on any atom is 0.130 e. The van der Waals surface area contributed by atoms with E-state index in [9.17, 15) is 0 Å². The van der Waals surface area contributed by atoms with Crippen LogP contribution in [-0.2, 0) is 18.9 Å². The number of hydrogen-bond acceptors (Lipinski definition) is 6. The van der Waals surface area contributed by atoms with Gasteiger partial charge >= 0.3 is 0 Å². The van der Waals surface area contributed by atoms with Crippen molar-refractivity contribution in [1.29, 1.82) is 0 Å². The Morgan fingerprint density at radius 1 is 1.43 bits per heavy atom. The largest absolute Gasteiger partial charge is 0.271 e. The lowest BCUT2D eigenvalue weighted by molar-refractivity contribution is 0.515. The minimum Gasteiger partial charge on any atom is -0.271 e. The summed E-state index contributed by atoms with van der Waals surface area (Å²) in [4.78, 5) is 1.05. The minimum absolute atomic E-state index is 0.0782. The van der Waals surface area contributed by atoms with Crippen molar-refractivity contribution < 1.29 is 0 Å². The van der Waals surface area contributed by atoms with Gasteiger partial charge in [0.25, 0.3) is 0 Å². The summed E-state index contributed by atoms with van der Waals surface area (Å²) < 4.78 is 5.77. The lowest BCUT2D eigenvalue weighted by atomic mass is 9.89. The molecule has 0 aliphatic rings. The number of hydrogen-bond donors (Lipinski definition) is 2. The number of nitrogens with zero attached hydrogens (tertiary/aromatic N) is 4. The van der Waals surface area contributed by atoms with Crippen LogP contribution in [0.5, 0.6) is 0 Å². The standard InChI is InChI=1S/C13H21ClN6S/c1-7-8(12(14)20(5)18-7)6-9(16-15)10-11(13(2,3)4)17-19-21-10/h9,16H,6,15H2,1-5H3. The van der Waals surface area contributed by atoms with Crippen LogP contribution in [0.1, 0.15) is 48.6 Å². The molecule has 21 heavy (non-hydrogen) atoms. The molecule has 2 rings (SSSR count). The highest BCUT2D eigenvalue weighted by molar-refractivity contribution is 7.05. The lowest BCUT2D eigenvalue weighted by Gasteiger charge is -2.21.